The summed E-state index contributed by atoms with van der Waals surface area (Å²) in [5.74, 6) is -2.33. The van der Waals surface area contributed by atoms with Crippen LogP contribution in [0.1, 0.15) is 88.5 Å². The third kappa shape index (κ3) is 24.5. The average molecular weight is 1260 g/mol. The molecule has 13 nitrogen and oxygen atoms in total. The van der Waals surface area contributed by atoms with E-state index in [1.807, 2.05) is 61.5 Å². The van der Waals surface area contributed by atoms with Gasteiger partial charge >= 0.3 is 127 Å². The molecule has 0 aliphatic carbocycles. The van der Waals surface area contributed by atoms with Gasteiger partial charge in [-0.05, 0) is 103 Å². The zero-order chi connectivity index (χ0) is 46.2. The van der Waals surface area contributed by atoms with Crippen LogP contribution < -0.4 is 113 Å². The summed E-state index contributed by atoms with van der Waals surface area (Å²) in [6.45, 7) is 5.92. The summed E-state index contributed by atoms with van der Waals surface area (Å²) in [4.78, 5) is 65.7. The van der Waals surface area contributed by atoms with Crippen molar-refractivity contribution in [2.75, 3.05) is 14.2 Å². The van der Waals surface area contributed by atoms with Crippen LogP contribution >= 0.6 is 79.6 Å². The molecule has 0 bridgehead atoms. The minimum absolute atomic E-state index is 0. The van der Waals surface area contributed by atoms with Crippen molar-refractivity contribution in [1.82, 2.24) is 5.32 Å². The van der Waals surface area contributed by atoms with Gasteiger partial charge in [-0.2, -0.15) is 0 Å². The van der Waals surface area contributed by atoms with Crippen LogP contribution in [0.15, 0.2) is 115 Å². The molecular formula is C44H44Br5K2NO12. The number of carbonyl (C=O) groups excluding carboxylic acids is 4. The molecule has 1 amide bonds. The fraction of sp³-hybridized carbons (Fsp3) is 0.182. The number of carbonyl (C=O) groups is 6. The van der Waals surface area contributed by atoms with Gasteiger partial charge in [0.25, 0.3) is 12.4 Å². The van der Waals surface area contributed by atoms with Gasteiger partial charge in [0.05, 0.1) is 36.5 Å². The number of carboxylic acids is 2. The van der Waals surface area contributed by atoms with Gasteiger partial charge in [0.2, 0.25) is 0 Å². The topological polar surface area (TPSA) is 206 Å². The molecule has 0 spiro atoms. The van der Waals surface area contributed by atoms with E-state index < -0.39 is 11.9 Å². The third-order valence-electron chi connectivity index (χ3n) is 7.83. The van der Waals surface area contributed by atoms with E-state index in [1.54, 1.807) is 56.3 Å². The number of aryl methyl sites for hydroxylation is 3. The number of fused-ring (bicyclic) bond motifs is 1. The van der Waals surface area contributed by atoms with E-state index >= 15 is 0 Å². The molecule has 3 N–H and O–H groups in total. The number of hydrogen-bond donors (Lipinski definition) is 3. The number of esters is 2. The van der Waals surface area contributed by atoms with E-state index in [1.165, 1.54) is 14.2 Å². The molecule has 334 valence electrons. The fourth-order valence-electron chi connectivity index (χ4n) is 4.71. The number of amides is 1. The van der Waals surface area contributed by atoms with E-state index in [2.05, 4.69) is 99.3 Å². The maximum Gasteiger partial charge on any atom is 1.00 e. The van der Waals surface area contributed by atoms with Crippen LogP contribution in [0.5, 0.6) is 0 Å². The normalized spacial score (nSPS) is 9.70. The van der Waals surface area contributed by atoms with E-state index in [9.17, 15) is 24.0 Å². The van der Waals surface area contributed by atoms with Crippen molar-refractivity contribution in [3.05, 3.63) is 171 Å². The number of alkyl halides is 1. The van der Waals surface area contributed by atoms with E-state index in [0.717, 1.165) is 51.3 Å². The first-order chi connectivity index (χ1) is 28.8. The Morgan fingerprint density at radius 1 is 0.672 bits per heavy atom. The third-order valence-corrected chi connectivity index (χ3v) is 10.4. The molecule has 64 heavy (non-hydrogen) atoms. The minimum atomic E-state index is -0.885. The molecule has 0 radical (unpaired) electrons. The van der Waals surface area contributed by atoms with Gasteiger partial charge in [0.1, 0.15) is 0 Å². The van der Waals surface area contributed by atoms with Crippen LogP contribution in [0.25, 0.3) is 0 Å². The molecule has 1 heterocycles. The monoisotopic (exact) mass is 1250 g/mol. The number of hydrogen-bond acceptors (Lipinski definition) is 10. The van der Waals surface area contributed by atoms with Crippen molar-refractivity contribution in [2.45, 2.75) is 40.1 Å². The van der Waals surface area contributed by atoms with Gasteiger partial charge in [-0.1, -0.05) is 130 Å². The number of carboxylic acid groups (broad SMARTS) is 2. The largest absolute Gasteiger partial charge is 1.00 e. The van der Waals surface area contributed by atoms with Crippen LogP contribution in [-0.2, 0) is 31.0 Å². The molecule has 5 aromatic rings. The van der Waals surface area contributed by atoms with Crippen LogP contribution in [-0.4, -0.2) is 60.7 Å². The Hall–Kier alpha value is -1.45. The van der Waals surface area contributed by atoms with Crippen molar-refractivity contribution in [1.29, 1.82) is 0 Å². The standard InChI is InChI=1S/C9H8Br2O2.C9H9BrO2.C8H6BrNO.C8H7BrO2.C8H8O2.CH2O3.CH4.2K.H/c1-13-9(12)8-4-7(11)3-2-6(8)5-10;1-6-3-4-7(10)5-8(6)9(11)12-2;9-6-2-1-5-4-10-8(11)7(5)3-6;1-5-2-3-6(9)4-7(5)8(10)11;1-6-4-2-3-5-7(6)8(9)10;2-1-4-3;;;;/h2-4H,5H2,1H3;3-5H,1-2H3;1-3H,4H2,(H,10,11);2-4H,1H3,(H,10,11);2-5H,1H3,(H,9,10);1,3H;1H4;;;/q;;;;;;;2*+1;-1/p-1. The quantitative estimate of drug-likeness (QED) is 0.0529. The van der Waals surface area contributed by atoms with Crippen LogP contribution in [0.4, 0.5) is 0 Å². The molecule has 0 unspecified atom stereocenters. The van der Waals surface area contributed by atoms with Crippen molar-refractivity contribution in [2.24, 2.45) is 0 Å². The Labute approximate surface area is 501 Å². The predicted octanol–water partition coefficient (Wildman–Crippen LogP) is 4.71. The first-order valence-electron chi connectivity index (χ1n) is 17.2. The molecule has 0 saturated heterocycles. The second-order valence-electron chi connectivity index (χ2n) is 11.9. The van der Waals surface area contributed by atoms with Gasteiger partial charge in [0, 0.05) is 35.3 Å². The van der Waals surface area contributed by atoms with Crippen molar-refractivity contribution >= 4 is 116 Å². The Balaban J connectivity index is -0.000000346. The van der Waals surface area contributed by atoms with Crippen molar-refractivity contribution < 1.29 is 163 Å². The zero-order valence-electron chi connectivity index (χ0n) is 36.1. The molecule has 20 heteroatoms. The Morgan fingerprint density at radius 2 is 1.08 bits per heavy atom. The molecule has 0 saturated carbocycles. The zero-order valence-corrected chi connectivity index (χ0v) is 49.3. The molecule has 0 aromatic heterocycles. The Bertz CT molecular complexity index is 2310. The number of methoxy groups -OCH3 is 2. The number of ether oxygens (including phenoxy) is 2. The molecule has 6 rings (SSSR count). The average Bonchev–Trinajstić information content (AvgIpc) is 3.61. The van der Waals surface area contributed by atoms with Gasteiger partial charge in [-0.25, -0.2) is 19.2 Å². The summed E-state index contributed by atoms with van der Waals surface area (Å²) in [6, 6.07) is 28.9. The fourth-order valence-corrected chi connectivity index (χ4v) is 6.65. The van der Waals surface area contributed by atoms with Crippen LogP contribution in [0.3, 0.4) is 0 Å². The second kappa shape index (κ2) is 36.6. The van der Waals surface area contributed by atoms with Crippen molar-refractivity contribution in [3.63, 3.8) is 0 Å². The maximum atomic E-state index is 11.3. The van der Waals surface area contributed by atoms with Crippen LogP contribution in [0.2, 0.25) is 0 Å². The number of benzene rings is 5. The summed E-state index contributed by atoms with van der Waals surface area (Å²) < 4.78 is 12.8. The summed E-state index contributed by atoms with van der Waals surface area (Å²) in [5.41, 5.74) is 7.22. The smallest absolute Gasteiger partial charge is 1.00 e. The van der Waals surface area contributed by atoms with Crippen LogP contribution in [0, 0.1) is 20.8 Å². The Kier molecular flexibility index (Phi) is 38.2. The minimum Gasteiger partial charge on any atom is -1.00 e. The molecular weight excluding hydrogens is 1210 g/mol. The first kappa shape index (κ1) is 66.8. The first-order valence-corrected chi connectivity index (χ1v) is 21.5. The van der Waals surface area contributed by atoms with E-state index in [4.69, 9.17) is 20.3 Å². The van der Waals surface area contributed by atoms with Crippen molar-refractivity contribution in [3.8, 4) is 0 Å². The molecule has 0 fully saturated rings. The number of nitrogens with one attached hydrogen (secondary N) is 1. The molecule has 5 aromatic carbocycles. The molecule has 1 aliphatic rings. The maximum absolute atomic E-state index is 11.3. The number of halogens is 5. The number of rotatable bonds is 6. The summed E-state index contributed by atoms with van der Waals surface area (Å²) in [5, 5.41) is 29.1. The van der Waals surface area contributed by atoms with Gasteiger partial charge in [-0.3, -0.25) is 9.59 Å². The summed E-state index contributed by atoms with van der Waals surface area (Å²) in [7, 11) is 2.75. The summed E-state index contributed by atoms with van der Waals surface area (Å²) >= 11 is 16.4. The second-order valence-corrected chi connectivity index (χ2v) is 16.2. The van der Waals surface area contributed by atoms with Gasteiger partial charge in [0.15, 0.2) is 0 Å². The number of aromatic carboxylic acids is 2. The molecule has 0 atom stereocenters. The predicted molar refractivity (Wildman–Crippen MR) is 253 cm³/mol. The van der Waals surface area contributed by atoms with E-state index in [-0.39, 0.29) is 136 Å². The Morgan fingerprint density at radius 3 is 1.52 bits per heavy atom. The molecule has 1 aliphatic heterocycles. The SMILES string of the molecule is C.COC(=O)c1cc(Br)ccc1C.COC(=O)c1cc(Br)ccc1CBr.Cc1ccc(Br)cc1C(=O)O.Cc1ccccc1C(=O)O.O=C1NCc2ccc(Br)cc21.O=CO[O-].[H-].[K+].[K+]. The summed E-state index contributed by atoms with van der Waals surface area (Å²) in [6.07, 6.45) is 0. The van der Waals surface area contributed by atoms with Gasteiger partial charge < -0.3 is 36.6 Å². The van der Waals surface area contributed by atoms with Gasteiger partial charge in [-0.15, -0.1) is 0 Å². The van der Waals surface area contributed by atoms with E-state index in [0.29, 0.717) is 34.1 Å².